The van der Waals surface area contributed by atoms with Gasteiger partial charge in [0.05, 0.1) is 4.90 Å². The van der Waals surface area contributed by atoms with Gasteiger partial charge in [-0.1, -0.05) is 30.3 Å². The summed E-state index contributed by atoms with van der Waals surface area (Å²) in [5.41, 5.74) is 1.48. The summed E-state index contributed by atoms with van der Waals surface area (Å²) in [6, 6.07) is 14.5. The van der Waals surface area contributed by atoms with Crippen LogP contribution in [0.3, 0.4) is 0 Å². The Morgan fingerprint density at radius 2 is 1.61 bits per heavy atom. The summed E-state index contributed by atoms with van der Waals surface area (Å²) in [5.74, 6) is 0. The van der Waals surface area contributed by atoms with Crippen LogP contribution in [0.1, 0.15) is 0 Å². The van der Waals surface area contributed by atoms with Crippen LogP contribution in [0.15, 0.2) is 58.3 Å². The molecule has 0 heterocycles. The first-order valence-electron chi connectivity index (χ1n) is 5.28. The van der Waals surface area contributed by atoms with Crippen LogP contribution in [-0.4, -0.2) is 14.7 Å². The lowest BCUT2D eigenvalue weighted by Crippen LogP contribution is -2.13. The number of rotatable bonds is 3. The van der Waals surface area contributed by atoms with Crippen molar-refractivity contribution in [2.75, 3.05) is 6.26 Å². The van der Waals surface area contributed by atoms with Crippen molar-refractivity contribution < 1.29 is 8.42 Å². The van der Waals surface area contributed by atoms with E-state index in [2.05, 4.69) is 0 Å². The molecular formula is C13H13NO2S2. The highest BCUT2D eigenvalue weighted by atomic mass is 32.2. The van der Waals surface area contributed by atoms with E-state index in [0.717, 1.165) is 10.5 Å². The van der Waals surface area contributed by atoms with Crippen molar-refractivity contribution in [3.8, 4) is 11.1 Å². The van der Waals surface area contributed by atoms with Crippen molar-refractivity contribution in [3.05, 3.63) is 48.5 Å². The fraction of sp³-hybridized carbons (Fsp3) is 0.0769. The highest BCUT2D eigenvalue weighted by Gasteiger charge is 2.14. The number of primary sulfonamides is 1. The first-order chi connectivity index (χ1) is 8.52. The minimum Gasteiger partial charge on any atom is -0.225 e. The minimum absolute atomic E-state index is 0.155. The van der Waals surface area contributed by atoms with E-state index in [0.29, 0.717) is 5.56 Å². The van der Waals surface area contributed by atoms with Gasteiger partial charge in [-0.3, -0.25) is 0 Å². The van der Waals surface area contributed by atoms with Gasteiger partial charge in [-0.2, -0.15) is 0 Å². The molecule has 0 unspecified atom stereocenters. The number of sulfonamides is 1. The molecule has 0 atom stereocenters. The van der Waals surface area contributed by atoms with Crippen LogP contribution in [0.2, 0.25) is 0 Å². The third-order valence-electron chi connectivity index (χ3n) is 2.59. The lowest BCUT2D eigenvalue weighted by atomic mass is 10.1. The van der Waals surface area contributed by atoms with E-state index in [1.54, 1.807) is 30.0 Å². The second-order valence-electron chi connectivity index (χ2n) is 3.77. The average Bonchev–Trinajstić information content (AvgIpc) is 2.38. The Balaban J connectivity index is 2.57. The van der Waals surface area contributed by atoms with E-state index in [4.69, 9.17) is 5.14 Å². The summed E-state index contributed by atoms with van der Waals surface area (Å²) in [4.78, 5) is 1.29. The molecule has 18 heavy (non-hydrogen) atoms. The standard InChI is InChI=1S/C13H13NO2S2/c1-17-11-8-6-10(7-9-11)12-4-2-3-5-13(12)18(14,15)16/h2-9H,1H3,(H2,14,15,16). The minimum atomic E-state index is -3.70. The Kier molecular flexibility index (Phi) is 3.75. The summed E-state index contributed by atoms with van der Waals surface area (Å²) in [7, 11) is -3.70. The van der Waals surface area contributed by atoms with Gasteiger partial charge in [0.2, 0.25) is 10.0 Å². The molecule has 3 nitrogen and oxygen atoms in total. The summed E-state index contributed by atoms with van der Waals surface area (Å²) in [5, 5.41) is 5.22. The zero-order chi connectivity index (χ0) is 13.2. The van der Waals surface area contributed by atoms with Crippen LogP contribution in [0.25, 0.3) is 11.1 Å². The summed E-state index contributed by atoms with van der Waals surface area (Å²) in [6.45, 7) is 0. The highest BCUT2D eigenvalue weighted by Crippen LogP contribution is 2.28. The Morgan fingerprint density at radius 3 is 2.17 bits per heavy atom. The molecule has 0 aliphatic rings. The van der Waals surface area contributed by atoms with Gasteiger partial charge in [-0.25, -0.2) is 13.6 Å². The Morgan fingerprint density at radius 1 is 1.00 bits per heavy atom. The third-order valence-corrected chi connectivity index (χ3v) is 4.31. The first kappa shape index (κ1) is 13.1. The number of benzene rings is 2. The van der Waals surface area contributed by atoms with Crippen molar-refractivity contribution in [2.45, 2.75) is 9.79 Å². The second kappa shape index (κ2) is 5.14. The van der Waals surface area contributed by atoms with Gasteiger partial charge in [0.25, 0.3) is 0 Å². The van der Waals surface area contributed by atoms with Crippen molar-refractivity contribution >= 4 is 21.8 Å². The van der Waals surface area contributed by atoms with Crippen LogP contribution in [0, 0.1) is 0 Å². The molecule has 0 saturated carbocycles. The van der Waals surface area contributed by atoms with Crippen LogP contribution >= 0.6 is 11.8 Å². The summed E-state index contributed by atoms with van der Waals surface area (Å²) in [6.07, 6.45) is 1.99. The van der Waals surface area contributed by atoms with Crippen molar-refractivity contribution in [1.29, 1.82) is 0 Å². The monoisotopic (exact) mass is 279 g/mol. The van der Waals surface area contributed by atoms with Gasteiger partial charge in [0, 0.05) is 10.5 Å². The van der Waals surface area contributed by atoms with E-state index in [1.807, 2.05) is 30.5 Å². The lowest BCUT2D eigenvalue weighted by molar-refractivity contribution is 0.598. The number of hydrogen-bond acceptors (Lipinski definition) is 3. The van der Waals surface area contributed by atoms with Gasteiger partial charge < -0.3 is 0 Å². The zero-order valence-electron chi connectivity index (χ0n) is 9.83. The van der Waals surface area contributed by atoms with E-state index in [-0.39, 0.29) is 4.90 Å². The molecule has 0 aliphatic heterocycles. The molecule has 0 saturated heterocycles. The molecular weight excluding hydrogens is 266 g/mol. The topological polar surface area (TPSA) is 60.2 Å². The van der Waals surface area contributed by atoms with Gasteiger partial charge >= 0.3 is 0 Å². The van der Waals surface area contributed by atoms with Crippen molar-refractivity contribution in [3.63, 3.8) is 0 Å². The number of hydrogen-bond donors (Lipinski definition) is 1. The average molecular weight is 279 g/mol. The van der Waals surface area contributed by atoms with Crippen molar-refractivity contribution in [2.24, 2.45) is 5.14 Å². The zero-order valence-corrected chi connectivity index (χ0v) is 11.5. The first-order valence-corrected chi connectivity index (χ1v) is 8.06. The molecule has 2 aromatic rings. The van der Waals surface area contributed by atoms with Gasteiger partial charge in [-0.05, 0) is 30.0 Å². The predicted molar refractivity (Wildman–Crippen MR) is 75.0 cm³/mol. The van der Waals surface area contributed by atoms with Crippen LogP contribution < -0.4 is 5.14 Å². The molecule has 2 N–H and O–H groups in total. The maximum Gasteiger partial charge on any atom is 0.238 e. The third kappa shape index (κ3) is 2.75. The molecule has 0 spiro atoms. The molecule has 0 bridgehead atoms. The molecule has 0 fully saturated rings. The fourth-order valence-electron chi connectivity index (χ4n) is 1.72. The van der Waals surface area contributed by atoms with Crippen molar-refractivity contribution in [1.82, 2.24) is 0 Å². The fourth-order valence-corrected chi connectivity index (χ4v) is 2.89. The second-order valence-corrected chi connectivity index (χ2v) is 6.18. The largest absolute Gasteiger partial charge is 0.238 e. The number of thioether (sulfide) groups is 1. The normalized spacial score (nSPS) is 11.4. The maximum absolute atomic E-state index is 11.5. The molecule has 2 rings (SSSR count). The molecule has 0 aromatic heterocycles. The van der Waals surface area contributed by atoms with E-state index in [1.165, 1.54) is 6.07 Å². The summed E-state index contributed by atoms with van der Waals surface area (Å²) < 4.78 is 23.0. The van der Waals surface area contributed by atoms with Gasteiger partial charge in [-0.15, -0.1) is 11.8 Å². The predicted octanol–water partition coefficient (Wildman–Crippen LogP) is 2.72. The van der Waals surface area contributed by atoms with E-state index >= 15 is 0 Å². The Labute approximate surface area is 111 Å². The molecule has 2 aromatic carbocycles. The highest BCUT2D eigenvalue weighted by molar-refractivity contribution is 7.98. The quantitative estimate of drug-likeness (QED) is 0.879. The Bertz CT molecular complexity index is 649. The van der Waals surface area contributed by atoms with Gasteiger partial charge in [0.15, 0.2) is 0 Å². The maximum atomic E-state index is 11.5. The van der Waals surface area contributed by atoms with Gasteiger partial charge in [0.1, 0.15) is 0 Å². The molecule has 0 aliphatic carbocycles. The van der Waals surface area contributed by atoms with Crippen LogP contribution in [0.4, 0.5) is 0 Å². The molecule has 94 valence electrons. The lowest BCUT2D eigenvalue weighted by Gasteiger charge is -2.08. The SMILES string of the molecule is CSc1ccc(-c2ccccc2S(N)(=O)=O)cc1. The number of nitrogens with two attached hydrogens (primary N) is 1. The van der Waals surface area contributed by atoms with E-state index in [9.17, 15) is 8.42 Å². The van der Waals surface area contributed by atoms with Crippen LogP contribution in [0.5, 0.6) is 0 Å². The molecule has 0 amide bonds. The molecule has 0 radical (unpaired) electrons. The molecule has 5 heteroatoms. The summed E-state index contributed by atoms with van der Waals surface area (Å²) >= 11 is 1.64. The Hall–Kier alpha value is -1.30. The smallest absolute Gasteiger partial charge is 0.225 e. The van der Waals surface area contributed by atoms with E-state index < -0.39 is 10.0 Å². The van der Waals surface area contributed by atoms with Crippen LogP contribution in [-0.2, 0) is 10.0 Å².